The van der Waals surface area contributed by atoms with Gasteiger partial charge in [-0.15, -0.1) is 22.7 Å². The predicted molar refractivity (Wildman–Crippen MR) is 119 cm³/mol. The van der Waals surface area contributed by atoms with Crippen molar-refractivity contribution < 1.29 is 14.4 Å². The van der Waals surface area contributed by atoms with Crippen molar-refractivity contribution in [2.45, 2.75) is 32.1 Å². The Bertz CT molecular complexity index is 930. The average molecular weight is 447 g/mol. The first-order chi connectivity index (χ1) is 14.5. The minimum atomic E-state index is -0.462. The number of primary amides is 1. The summed E-state index contributed by atoms with van der Waals surface area (Å²) in [6.07, 6.45) is 4.32. The summed E-state index contributed by atoms with van der Waals surface area (Å²) < 4.78 is 0. The van der Waals surface area contributed by atoms with Gasteiger partial charge in [0.1, 0.15) is 5.00 Å². The highest BCUT2D eigenvalue weighted by Crippen LogP contribution is 2.37. The largest absolute Gasteiger partial charge is 0.365 e. The van der Waals surface area contributed by atoms with Crippen LogP contribution in [0.5, 0.6) is 0 Å². The van der Waals surface area contributed by atoms with E-state index in [1.165, 1.54) is 27.6 Å². The van der Waals surface area contributed by atoms with E-state index < -0.39 is 5.91 Å². The van der Waals surface area contributed by atoms with E-state index in [2.05, 4.69) is 10.2 Å². The Morgan fingerprint density at radius 1 is 1.10 bits per heavy atom. The lowest BCUT2D eigenvalue weighted by Gasteiger charge is -2.34. The molecule has 9 heteroatoms. The van der Waals surface area contributed by atoms with Crippen LogP contribution >= 0.6 is 22.7 Å². The number of carbonyl (C=O) groups is 3. The van der Waals surface area contributed by atoms with Crippen LogP contribution in [0.25, 0.3) is 0 Å². The first-order valence-corrected chi connectivity index (χ1v) is 12.0. The van der Waals surface area contributed by atoms with Gasteiger partial charge in [0.05, 0.1) is 10.4 Å². The zero-order valence-electron chi connectivity index (χ0n) is 16.8. The molecule has 30 heavy (non-hydrogen) atoms. The summed E-state index contributed by atoms with van der Waals surface area (Å²) in [6.45, 7) is 3.47. The molecule has 2 aromatic rings. The highest BCUT2D eigenvalue weighted by Gasteiger charge is 2.26. The van der Waals surface area contributed by atoms with E-state index in [4.69, 9.17) is 5.73 Å². The van der Waals surface area contributed by atoms with E-state index in [1.807, 2.05) is 22.4 Å². The first-order valence-electron chi connectivity index (χ1n) is 10.3. The molecule has 2 aliphatic rings. The molecule has 0 aromatic carbocycles. The minimum absolute atomic E-state index is 0.0861. The van der Waals surface area contributed by atoms with Crippen molar-refractivity contribution in [3.8, 4) is 0 Å². The molecule has 0 radical (unpaired) electrons. The summed E-state index contributed by atoms with van der Waals surface area (Å²) in [5.74, 6) is -0.479. The van der Waals surface area contributed by atoms with Gasteiger partial charge in [-0.2, -0.15) is 0 Å². The summed E-state index contributed by atoms with van der Waals surface area (Å²) in [6, 6.07) is 3.74. The molecule has 3 N–H and O–H groups in total. The monoisotopic (exact) mass is 446 g/mol. The number of nitrogens with two attached hydrogens (primary N) is 1. The highest BCUT2D eigenvalue weighted by molar-refractivity contribution is 7.17. The fraction of sp³-hybridized carbons (Fsp3) is 0.476. The van der Waals surface area contributed by atoms with Crippen LogP contribution in [0.3, 0.4) is 0 Å². The molecule has 1 aliphatic heterocycles. The maximum atomic E-state index is 12.5. The fourth-order valence-electron chi connectivity index (χ4n) is 4.09. The molecule has 0 unspecified atom stereocenters. The van der Waals surface area contributed by atoms with Gasteiger partial charge in [0.15, 0.2) is 0 Å². The molecular weight excluding hydrogens is 420 g/mol. The Balaban J connectivity index is 1.27. The number of fused-ring (bicyclic) bond motifs is 1. The SMILES string of the molecule is NC(=O)c1c(NC(=O)CCN2CCN(C(=O)c3cccs3)CC2)sc2c1CCCC2. The minimum Gasteiger partial charge on any atom is -0.365 e. The Labute approximate surface area is 183 Å². The molecule has 1 aliphatic carbocycles. The maximum absolute atomic E-state index is 12.5. The Morgan fingerprint density at radius 3 is 2.57 bits per heavy atom. The molecule has 3 amide bonds. The summed E-state index contributed by atoms with van der Waals surface area (Å²) in [4.78, 5) is 42.9. The number of rotatable bonds is 6. The second-order valence-corrected chi connectivity index (χ2v) is 9.74. The lowest BCUT2D eigenvalue weighted by Crippen LogP contribution is -2.49. The fourth-order valence-corrected chi connectivity index (χ4v) is 6.10. The number of nitrogens with zero attached hydrogens (tertiary/aromatic N) is 2. The van der Waals surface area contributed by atoms with Gasteiger partial charge < -0.3 is 16.0 Å². The van der Waals surface area contributed by atoms with Crippen LogP contribution in [0.4, 0.5) is 5.00 Å². The number of hydrogen-bond acceptors (Lipinski definition) is 6. The number of aryl methyl sites for hydroxylation is 1. The Kier molecular flexibility index (Phi) is 6.50. The van der Waals surface area contributed by atoms with E-state index in [0.29, 0.717) is 36.6 Å². The van der Waals surface area contributed by atoms with Crippen LogP contribution in [0.2, 0.25) is 0 Å². The van der Waals surface area contributed by atoms with Gasteiger partial charge in [-0.3, -0.25) is 19.3 Å². The number of thiophene rings is 2. The summed E-state index contributed by atoms with van der Waals surface area (Å²) in [5.41, 5.74) is 7.13. The summed E-state index contributed by atoms with van der Waals surface area (Å²) >= 11 is 2.96. The number of hydrogen-bond donors (Lipinski definition) is 2. The zero-order valence-corrected chi connectivity index (χ0v) is 18.4. The molecule has 1 saturated heterocycles. The second-order valence-electron chi connectivity index (χ2n) is 7.69. The van der Waals surface area contributed by atoms with Crippen LogP contribution in [0.1, 0.15) is 49.7 Å². The first kappa shape index (κ1) is 21.0. The molecule has 4 rings (SSSR count). The lowest BCUT2D eigenvalue weighted by atomic mass is 9.95. The molecular formula is C21H26N4O3S2. The van der Waals surface area contributed by atoms with E-state index in [-0.39, 0.29) is 11.8 Å². The van der Waals surface area contributed by atoms with Gasteiger partial charge >= 0.3 is 0 Å². The van der Waals surface area contributed by atoms with Gasteiger partial charge in [-0.05, 0) is 42.7 Å². The quantitative estimate of drug-likeness (QED) is 0.713. The van der Waals surface area contributed by atoms with Crippen molar-refractivity contribution in [2.24, 2.45) is 5.73 Å². The van der Waals surface area contributed by atoms with Crippen LogP contribution < -0.4 is 11.1 Å². The van der Waals surface area contributed by atoms with Crippen LogP contribution in [0.15, 0.2) is 17.5 Å². The number of carbonyl (C=O) groups excluding carboxylic acids is 3. The average Bonchev–Trinajstić information content (AvgIpc) is 3.40. The van der Waals surface area contributed by atoms with Gasteiger partial charge in [0, 0.05) is 44.0 Å². The number of nitrogens with one attached hydrogen (secondary N) is 1. The molecule has 7 nitrogen and oxygen atoms in total. The van der Waals surface area contributed by atoms with Gasteiger partial charge in [0.2, 0.25) is 5.91 Å². The normalized spacial score (nSPS) is 16.9. The molecule has 0 spiro atoms. The third kappa shape index (κ3) is 4.58. The van der Waals surface area contributed by atoms with Gasteiger partial charge in [-0.25, -0.2) is 0 Å². The maximum Gasteiger partial charge on any atom is 0.264 e. The predicted octanol–water partition coefficient (Wildman–Crippen LogP) is 2.57. The smallest absolute Gasteiger partial charge is 0.264 e. The van der Waals surface area contributed by atoms with Crippen LogP contribution in [0, 0.1) is 0 Å². The number of anilines is 1. The topological polar surface area (TPSA) is 95.7 Å². The van der Waals surface area contributed by atoms with E-state index in [0.717, 1.165) is 49.2 Å². The van der Waals surface area contributed by atoms with Crippen molar-refractivity contribution in [1.82, 2.24) is 9.80 Å². The van der Waals surface area contributed by atoms with Crippen LogP contribution in [-0.4, -0.2) is 60.2 Å². The van der Waals surface area contributed by atoms with E-state index in [9.17, 15) is 14.4 Å². The van der Waals surface area contributed by atoms with Crippen molar-refractivity contribution >= 4 is 45.4 Å². The third-order valence-corrected chi connectivity index (χ3v) is 7.78. The van der Waals surface area contributed by atoms with Crippen molar-refractivity contribution in [3.05, 3.63) is 38.4 Å². The Hall–Kier alpha value is -2.23. The van der Waals surface area contributed by atoms with E-state index in [1.54, 1.807) is 0 Å². The van der Waals surface area contributed by atoms with Crippen molar-refractivity contribution in [2.75, 3.05) is 38.0 Å². The van der Waals surface area contributed by atoms with Crippen LogP contribution in [-0.2, 0) is 17.6 Å². The third-order valence-electron chi connectivity index (χ3n) is 5.72. The molecule has 2 aromatic heterocycles. The van der Waals surface area contributed by atoms with Gasteiger partial charge in [-0.1, -0.05) is 6.07 Å². The molecule has 1 fully saturated rings. The molecule has 0 saturated carbocycles. The number of amides is 3. The van der Waals surface area contributed by atoms with Gasteiger partial charge in [0.25, 0.3) is 11.8 Å². The Morgan fingerprint density at radius 2 is 1.87 bits per heavy atom. The number of piperazine rings is 1. The lowest BCUT2D eigenvalue weighted by molar-refractivity contribution is -0.116. The highest BCUT2D eigenvalue weighted by atomic mass is 32.1. The summed E-state index contributed by atoms with van der Waals surface area (Å²) in [5, 5.41) is 5.44. The van der Waals surface area contributed by atoms with Crippen molar-refractivity contribution in [1.29, 1.82) is 0 Å². The molecule has 0 bridgehead atoms. The molecule has 3 heterocycles. The second kappa shape index (κ2) is 9.28. The molecule has 0 atom stereocenters. The standard InChI is InChI=1S/C21H26N4O3S2/c22-19(27)18-14-4-1-2-5-15(14)30-20(18)23-17(26)7-8-24-9-11-25(12-10-24)21(28)16-6-3-13-29-16/h3,6,13H,1-2,4-5,7-12H2,(H2,22,27)(H,23,26). The zero-order chi connectivity index (χ0) is 21.1. The molecule has 160 valence electrons. The van der Waals surface area contributed by atoms with E-state index >= 15 is 0 Å². The summed E-state index contributed by atoms with van der Waals surface area (Å²) in [7, 11) is 0. The van der Waals surface area contributed by atoms with Crippen molar-refractivity contribution in [3.63, 3.8) is 0 Å².